The summed E-state index contributed by atoms with van der Waals surface area (Å²) in [5.41, 5.74) is 4.13. The smallest absolute Gasteiger partial charge is 0.0389 e. The van der Waals surface area contributed by atoms with Crippen LogP contribution in [0.4, 0.5) is 5.69 Å². The molecule has 0 aromatic heterocycles. The number of piperazine rings is 1. The lowest BCUT2D eigenvalue weighted by Crippen LogP contribution is -2.51. The summed E-state index contributed by atoms with van der Waals surface area (Å²) < 4.78 is 0. The summed E-state index contributed by atoms with van der Waals surface area (Å²) in [5.74, 6) is 1.14. The van der Waals surface area contributed by atoms with Crippen LogP contribution < -0.4 is 4.90 Å². The number of rotatable bonds is 5. The lowest BCUT2D eigenvalue weighted by atomic mass is 10.1. The van der Waals surface area contributed by atoms with E-state index in [1.807, 2.05) is 11.8 Å². The lowest BCUT2D eigenvalue weighted by Gasteiger charge is -2.41. The van der Waals surface area contributed by atoms with Gasteiger partial charge in [0.15, 0.2) is 0 Å². The normalized spacial score (nSPS) is 18.8. The van der Waals surface area contributed by atoms with E-state index in [1.54, 1.807) is 0 Å². The Hall–Kier alpha value is -1.45. The molecule has 0 aliphatic carbocycles. The molecule has 1 atom stereocenters. The third-order valence-electron chi connectivity index (χ3n) is 4.69. The predicted octanol–water partition coefficient (Wildman–Crippen LogP) is 4.82. The summed E-state index contributed by atoms with van der Waals surface area (Å²) in [6.45, 7) is 11.1. The fourth-order valence-corrected chi connectivity index (χ4v) is 4.14. The molecule has 0 spiro atoms. The van der Waals surface area contributed by atoms with Gasteiger partial charge in [-0.15, -0.1) is 11.8 Å². The summed E-state index contributed by atoms with van der Waals surface area (Å²) in [6, 6.07) is 18.5. The maximum absolute atomic E-state index is 2.58. The van der Waals surface area contributed by atoms with Crippen LogP contribution in [0.25, 0.3) is 0 Å². The van der Waals surface area contributed by atoms with Gasteiger partial charge in [0.2, 0.25) is 0 Å². The number of nitrogens with zero attached hydrogens (tertiary/aromatic N) is 2. The van der Waals surface area contributed by atoms with Crippen LogP contribution in [-0.2, 0) is 6.54 Å². The quantitative estimate of drug-likeness (QED) is 0.721. The molecule has 0 amide bonds. The van der Waals surface area contributed by atoms with Crippen LogP contribution >= 0.6 is 11.8 Å². The van der Waals surface area contributed by atoms with E-state index in [0.717, 1.165) is 31.9 Å². The Morgan fingerprint density at radius 3 is 2.54 bits per heavy atom. The minimum atomic E-state index is 0.551. The molecule has 2 aromatic rings. The molecule has 0 saturated carbocycles. The van der Waals surface area contributed by atoms with E-state index >= 15 is 0 Å². The van der Waals surface area contributed by atoms with Crippen molar-refractivity contribution in [3.8, 4) is 0 Å². The molecule has 1 fully saturated rings. The van der Waals surface area contributed by atoms with E-state index in [0.29, 0.717) is 6.04 Å². The van der Waals surface area contributed by atoms with Crippen molar-refractivity contribution in [3.05, 3.63) is 59.7 Å². The molecule has 0 N–H and O–H groups in total. The van der Waals surface area contributed by atoms with E-state index in [-0.39, 0.29) is 0 Å². The van der Waals surface area contributed by atoms with Crippen molar-refractivity contribution >= 4 is 17.4 Å². The molecule has 0 bridgehead atoms. The van der Waals surface area contributed by atoms with Gasteiger partial charge in [0.25, 0.3) is 0 Å². The number of thioether (sulfide) groups is 1. The first-order valence-corrected chi connectivity index (χ1v) is 9.91. The molecule has 3 rings (SSSR count). The highest BCUT2D eigenvalue weighted by Gasteiger charge is 2.23. The van der Waals surface area contributed by atoms with Crippen LogP contribution in [0, 0.1) is 6.92 Å². The molecule has 2 nitrogen and oxygen atoms in total. The van der Waals surface area contributed by atoms with Crippen molar-refractivity contribution in [1.29, 1.82) is 0 Å². The summed E-state index contributed by atoms with van der Waals surface area (Å²) in [5, 5.41) is 0. The summed E-state index contributed by atoms with van der Waals surface area (Å²) >= 11 is 1.91. The van der Waals surface area contributed by atoms with Crippen LogP contribution in [0.15, 0.2) is 53.4 Å². The van der Waals surface area contributed by atoms with Crippen molar-refractivity contribution in [2.45, 2.75) is 38.3 Å². The van der Waals surface area contributed by atoms with E-state index in [4.69, 9.17) is 0 Å². The number of hydrogen-bond donors (Lipinski definition) is 0. The second-order valence-corrected chi connectivity index (χ2v) is 8.03. The molecule has 1 unspecified atom stereocenters. The number of aryl methyl sites for hydroxylation is 1. The summed E-state index contributed by atoms with van der Waals surface area (Å²) in [4.78, 5) is 6.50. The van der Waals surface area contributed by atoms with Crippen molar-refractivity contribution in [2.24, 2.45) is 0 Å². The molecule has 0 radical (unpaired) electrons. The SMILES string of the molecule is CCSc1ccc(CN2CCN(c3cccc(C)c3)C(C)C2)cc1. The molecule has 24 heavy (non-hydrogen) atoms. The van der Waals surface area contributed by atoms with Gasteiger partial charge in [-0.2, -0.15) is 0 Å². The number of anilines is 1. The number of benzene rings is 2. The highest BCUT2D eigenvalue weighted by atomic mass is 32.2. The molecule has 1 aliphatic heterocycles. The molecule has 1 aliphatic rings. The van der Waals surface area contributed by atoms with Crippen LogP contribution in [0.3, 0.4) is 0 Å². The molecule has 128 valence electrons. The first-order valence-electron chi connectivity index (χ1n) is 8.93. The van der Waals surface area contributed by atoms with Gasteiger partial charge in [-0.1, -0.05) is 31.2 Å². The minimum Gasteiger partial charge on any atom is -0.366 e. The van der Waals surface area contributed by atoms with Gasteiger partial charge in [-0.3, -0.25) is 4.90 Å². The maximum atomic E-state index is 2.58. The van der Waals surface area contributed by atoms with E-state index in [1.165, 1.54) is 21.7 Å². The summed E-state index contributed by atoms with van der Waals surface area (Å²) in [6.07, 6.45) is 0. The Bertz CT molecular complexity index is 653. The first-order chi connectivity index (χ1) is 11.7. The van der Waals surface area contributed by atoms with Gasteiger partial charge in [-0.05, 0) is 55.0 Å². The molecule has 2 aromatic carbocycles. The van der Waals surface area contributed by atoms with Gasteiger partial charge in [0, 0.05) is 42.8 Å². The fraction of sp³-hybridized carbons (Fsp3) is 0.429. The van der Waals surface area contributed by atoms with Crippen LogP contribution in [0.1, 0.15) is 25.0 Å². The zero-order chi connectivity index (χ0) is 16.9. The second-order valence-electron chi connectivity index (χ2n) is 6.69. The third-order valence-corrected chi connectivity index (χ3v) is 5.58. The predicted molar refractivity (Wildman–Crippen MR) is 106 cm³/mol. The van der Waals surface area contributed by atoms with Crippen molar-refractivity contribution in [1.82, 2.24) is 4.90 Å². The van der Waals surface area contributed by atoms with Gasteiger partial charge in [0.05, 0.1) is 0 Å². The first kappa shape index (κ1) is 17.4. The standard InChI is InChI=1S/C21H28N2S/c1-4-24-21-10-8-19(9-11-21)16-22-12-13-23(18(3)15-22)20-7-5-6-17(2)14-20/h5-11,14,18H,4,12-13,15-16H2,1-3H3. The second kappa shape index (κ2) is 8.09. The van der Waals surface area contributed by atoms with Gasteiger partial charge in [0.1, 0.15) is 0 Å². The minimum absolute atomic E-state index is 0.551. The van der Waals surface area contributed by atoms with E-state index in [2.05, 4.69) is 79.1 Å². The molecular formula is C21H28N2S. The molecule has 1 heterocycles. The Morgan fingerprint density at radius 2 is 1.88 bits per heavy atom. The van der Waals surface area contributed by atoms with Crippen LogP contribution in [0.2, 0.25) is 0 Å². The molecule has 3 heteroatoms. The van der Waals surface area contributed by atoms with E-state index in [9.17, 15) is 0 Å². The van der Waals surface area contributed by atoms with Crippen molar-refractivity contribution in [3.63, 3.8) is 0 Å². The molecular weight excluding hydrogens is 312 g/mol. The zero-order valence-electron chi connectivity index (χ0n) is 15.0. The van der Waals surface area contributed by atoms with Crippen LogP contribution in [-0.4, -0.2) is 36.3 Å². The van der Waals surface area contributed by atoms with Crippen molar-refractivity contribution in [2.75, 3.05) is 30.3 Å². The van der Waals surface area contributed by atoms with Crippen LogP contribution in [0.5, 0.6) is 0 Å². The average Bonchev–Trinajstić information content (AvgIpc) is 2.57. The monoisotopic (exact) mass is 340 g/mol. The Kier molecular flexibility index (Phi) is 5.85. The van der Waals surface area contributed by atoms with Gasteiger partial charge >= 0.3 is 0 Å². The largest absolute Gasteiger partial charge is 0.366 e. The Balaban J connectivity index is 1.59. The third kappa shape index (κ3) is 4.34. The lowest BCUT2D eigenvalue weighted by molar-refractivity contribution is 0.221. The Morgan fingerprint density at radius 1 is 1.08 bits per heavy atom. The van der Waals surface area contributed by atoms with E-state index < -0.39 is 0 Å². The molecule has 1 saturated heterocycles. The highest BCUT2D eigenvalue weighted by Crippen LogP contribution is 2.23. The van der Waals surface area contributed by atoms with Crippen molar-refractivity contribution < 1.29 is 0 Å². The topological polar surface area (TPSA) is 6.48 Å². The highest BCUT2D eigenvalue weighted by molar-refractivity contribution is 7.99. The average molecular weight is 341 g/mol. The Labute approximate surface area is 150 Å². The van der Waals surface area contributed by atoms with Gasteiger partial charge < -0.3 is 4.90 Å². The zero-order valence-corrected chi connectivity index (χ0v) is 15.9. The summed E-state index contributed by atoms with van der Waals surface area (Å²) in [7, 11) is 0. The maximum Gasteiger partial charge on any atom is 0.0389 e. The fourth-order valence-electron chi connectivity index (χ4n) is 3.48. The van der Waals surface area contributed by atoms with Gasteiger partial charge in [-0.25, -0.2) is 0 Å². The number of hydrogen-bond acceptors (Lipinski definition) is 3.